The van der Waals surface area contributed by atoms with Crippen molar-refractivity contribution in [1.82, 2.24) is 4.90 Å². The quantitative estimate of drug-likeness (QED) is 0.866. The van der Waals surface area contributed by atoms with Crippen molar-refractivity contribution >= 4 is 28.8 Å². The van der Waals surface area contributed by atoms with E-state index in [1.165, 1.54) is 6.07 Å². The summed E-state index contributed by atoms with van der Waals surface area (Å²) in [5.74, 6) is 0.0350. The van der Waals surface area contributed by atoms with E-state index >= 15 is 0 Å². The van der Waals surface area contributed by atoms with E-state index in [0.29, 0.717) is 22.1 Å². The largest absolute Gasteiger partial charge is 0.393 e. The van der Waals surface area contributed by atoms with Crippen LogP contribution in [0.2, 0.25) is 5.02 Å². The van der Waals surface area contributed by atoms with Crippen molar-refractivity contribution in [2.45, 2.75) is 19.4 Å². The van der Waals surface area contributed by atoms with Crippen LogP contribution in [0.15, 0.2) is 18.2 Å². The minimum Gasteiger partial charge on any atom is -0.393 e. The van der Waals surface area contributed by atoms with E-state index in [-0.39, 0.29) is 11.7 Å². The second kappa shape index (κ2) is 5.95. The Balaban J connectivity index is 2.04. The van der Waals surface area contributed by atoms with E-state index in [2.05, 4.69) is 4.90 Å². The fourth-order valence-electron chi connectivity index (χ4n) is 2.34. The van der Waals surface area contributed by atoms with Crippen molar-refractivity contribution in [2.75, 3.05) is 13.1 Å². The minimum absolute atomic E-state index is 0.211. The normalized spacial score (nSPS) is 20.9. The van der Waals surface area contributed by atoms with Crippen LogP contribution in [-0.2, 0) is 6.54 Å². The van der Waals surface area contributed by atoms with Gasteiger partial charge in [0.05, 0.1) is 4.99 Å². The summed E-state index contributed by atoms with van der Waals surface area (Å²) < 4.78 is 13.6. The van der Waals surface area contributed by atoms with Gasteiger partial charge in [-0.05, 0) is 37.6 Å². The number of halogens is 2. The Hall–Kier alpha value is -0.710. The predicted molar refractivity (Wildman–Crippen MR) is 76.2 cm³/mol. The maximum absolute atomic E-state index is 13.6. The number of hydrogen-bond acceptors (Lipinski definition) is 2. The molecule has 2 N–H and O–H groups in total. The molecule has 0 amide bonds. The molecule has 1 fully saturated rings. The van der Waals surface area contributed by atoms with Gasteiger partial charge in [0.2, 0.25) is 0 Å². The van der Waals surface area contributed by atoms with Crippen LogP contribution in [0.4, 0.5) is 4.39 Å². The number of piperidine rings is 1. The lowest BCUT2D eigenvalue weighted by Gasteiger charge is -2.32. The van der Waals surface area contributed by atoms with Gasteiger partial charge in [0.15, 0.2) is 0 Å². The van der Waals surface area contributed by atoms with E-state index in [1.54, 1.807) is 12.1 Å². The molecule has 1 unspecified atom stereocenters. The van der Waals surface area contributed by atoms with Crippen LogP contribution in [0.5, 0.6) is 0 Å². The second-order valence-electron chi connectivity index (χ2n) is 4.71. The third kappa shape index (κ3) is 3.40. The standard InChI is InChI=1S/C13H16ClFN2S/c14-11-3-4-12(15)10(6-11)8-17-5-1-2-9(7-17)13(16)18/h3-4,6,9H,1-2,5,7-8H2,(H2,16,18). The minimum atomic E-state index is -0.211. The maximum Gasteiger partial charge on any atom is 0.127 e. The molecule has 1 aromatic carbocycles. The number of thiocarbonyl (C=S) groups is 1. The maximum atomic E-state index is 13.6. The number of nitrogens with zero attached hydrogens (tertiary/aromatic N) is 1. The van der Waals surface area contributed by atoms with Gasteiger partial charge in [-0.1, -0.05) is 23.8 Å². The van der Waals surface area contributed by atoms with E-state index in [4.69, 9.17) is 29.6 Å². The highest BCUT2D eigenvalue weighted by atomic mass is 35.5. The highest BCUT2D eigenvalue weighted by Gasteiger charge is 2.22. The molecule has 1 aliphatic heterocycles. The Morgan fingerprint density at radius 2 is 2.33 bits per heavy atom. The predicted octanol–water partition coefficient (Wildman–Crippen LogP) is 2.98. The van der Waals surface area contributed by atoms with Gasteiger partial charge in [-0.3, -0.25) is 4.90 Å². The van der Waals surface area contributed by atoms with Crippen LogP contribution in [0.3, 0.4) is 0 Å². The van der Waals surface area contributed by atoms with E-state index in [9.17, 15) is 4.39 Å². The highest BCUT2D eigenvalue weighted by molar-refractivity contribution is 7.80. The Bertz CT molecular complexity index is 453. The first kappa shape index (κ1) is 13.7. The third-order valence-corrected chi connectivity index (χ3v) is 3.88. The summed E-state index contributed by atoms with van der Waals surface area (Å²) in [7, 11) is 0. The van der Waals surface area contributed by atoms with Gasteiger partial charge in [0.1, 0.15) is 5.82 Å². The monoisotopic (exact) mass is 286 g/mol. The summed E-state index contributed by atoms with van der Waals surface area (Å²) >= 11 is 10.9. The molecule has 1 aromatic rings. The van der Waals surface area contributed by atoms with E-state index in [1.807, 2.05) is 0 Å². The molecule has 1 heterocycles. The first-order valence-electron chi connectivity index (χ1n) is 6.02. The van der Waals surface area contributed by atoms with Crippen LogP contribution >= 0.6 is 23.8 Å². The van der Waals surface area contributed by atoms with Crippen LogP contribution in [-0.4, -0.2) is 23.0 Å². The molecular weight excluding hydrogens is 271 g/mol. The number of likely N-dealkylation sites (tertiary alicyclic amines) is 1. The first-order valence-corrected chi connectivity index (χ1v) is 6.80. The summed E-state index contributed by atoms with van der Waals surface area (Å²) in [5.41, 5.74) is 6.32. The molecule has 1 aliphatic rings. The zero-order valence-corrected chi connectivity index (χ0v) is 11.6. The molecule has 0 bridgehead atoms. The van der Waals surface area contributed by atoms with Crippen molar-refractivity contribution in [1.29, 1.82) is 0 Å². The molecule has 5 heteroatoms. The summed E-state index contributed by atoms with van der Waals surface area (Å²) in [6.07, 6.45) is 2.08. The van der Waals surface area contributed by atoms with Crippen LogP contribution in [0.25, 0.3) is 0 Å². The molecule has 0 saturated carbocycles. The molecule has 18 heavy (non-hydrogen) atoms. The van der Waals surface area contributed by atoms with Gasteiger partial charge in [0, 0.05) is 29.6 Å². The Kier molecular flexibility index (Phi) is 4.54. The molecule has 0 aliphatic carbocycles. The zero-order valence-electron chi connectivity index (χ0n) is 10.0. The molecule has 0 radical (unpaired) electrons. The van der Waals surface area contributed by atoms with Gasteiger partial charge < -0.3 is 5.73 Å². The Morgan fingerprint density at radius 3 is 3.06 bits per heavy atom. The summed E-state index contributed by atoms with van der Waals surface area (Å²) in [6, 6.07) is 4.66. The molecule has 1 saturated heterocycles. The van der Waals surface area contributed by atoms with E-state index in [0.717, 1.165) is 25.9 Å². The molecule has 0 aromatic heterocycles. The van der Waals surface area contributed by atoms with Crippen LogP contribution in [0, 0.1) is 11.7 Å². The molecule has 98 valence electrons. The average Bonchev–Trinajstić information content (AvgIpc) is 2.34. The molecule has 0 spiro atoms. The van der Waals surface area contributed by atoms with Crippen LogP contribution < -0.4 is 5.73 Å². The zero-order chi connectivity index (χ0) is 13.1. The van der Waals surface area contributed by atoms with E-state index < -0.39 is 0 Å². The van der Waals surface area contributed by atoms with Gasteiger partial charge in [0.25, 0.3) is 0 Å². The third-order valence-electron chi connectivity index (χ3n) is 3.31. The molecule has 2 rings (SSSR count). The Labute approximate surface area is 117 Å². The molecule has 2 nitrogen and oxygen atoms in total. The second-order valence-corrected chi connectivity index (χ2v) is 5.62. The molecule has 1 atom stereocenters. The lowest BCUT2D eigenvalue weighted by atomic mass is 9.97. The first-order chi connectivity index (χ1) is 8.56. The highest BCUT2D eigenvalue weighted by Crippen LogP contribution is 2.21. The lowest BCUT2D eigenvalue weighted by Crippen LogP contribution is -2.40. The fourth-order valence-corrected chi connectivity index (χ4v) is 2.72. The lowest BCUT2D eigenvalue weighted by molar-refractivity contribution is 0.195. The summed E-state index contributed by atoms with van der Waals surface area (Å²) in [4.78, 5) is 2.74. The summed E-state index contributed by atoms with van der Waals surface area (Å²) in [6.45, 7) is 2.32. The SMILES string of the molecule is NC(=S)C1CCCN(Cc2cc(Cl)ccc2F)C1. The van der Waals surface area contributed by atoms with Crippen molar-refractivity contribution in [3.05, 3.63) is 34.6 Å². The number of benzene rings is 1. The topological polar surface area (TPSA) is 29.3 Å². The number of rotatable bonds is 3. The van der Waals surface area contributed by atoms with Crippen molar-refractivity contribution < 1.29 is 4.39 Å². The smallest absolute Gasteiger partial charge is 0.127 e. The fraction of sp³-hybridized carbons (Fsp3) is 0.462. The number of nitrogens with two attached hydrogens (primary N) is 1. The van der Waals surface area contributed by atoms with Crippen molar-refractivity contribution in [2.24, 2.45) is 11.7 Å². The Morgan fingerprint density at radius 1 is 1.56 bits per heavy atom. The number of hydrogen-bond donors (Lipinski definition) is 1. The average molecular weight is 287 g/mol. The van der Waals surface area contributed by atoms with Crippen molar-refractivity contribution in [3.8, 4) is 0 Å². The van der Waals surface area contributed by atoms with Crippen molar-refractivity contribution in [3.63, 3.8) is 0 Å². The van der Waals surface area contributed by atoms with Crippen LogP contribution in [0.1, 0.15) is 18.4 Å². The van der Waals surface area contributed by atoms with Gasteiger partial charge in [-0.25, -0.2) is 4.39 Å². The van der Waals surface area contributed by atoms with Gasteiger partial charge >= 0.3 is 0 Å². The van der Waals surface area contributed by atoms with Gasteiger partial charge in [-0.2, -0.15) is 0 Å². The van der Waals surface area contributed by atoms with Gasteiger partial charge in [-0.15, -0.1) is 0 Å². The molecular formula is C13H16ClFN2S. The summed E-state index contributed by atoms with van der Waals surface area (Å²) in [5, 5.41) is 0.564.